The quantitative estimate of drug-likeness (QED) is 0.713. The third-order valence-electron chi connectivity index (χ3n) is 1.49. The van der Waals surface area contributed by atoms with Gasteiger partial charge in [-0.2, -0.15) is 0 Å². The summed E-state index contributed by atoms with van der Waals surface area (Å²) in [5.41, 5.74) is 0.807. The van der Waals surface area contributed by atoms with E-state index in [0.717, 1.165) is 5.56 Å². The van der Waals surface area contributed by atoms with E-state index in [4.69, 9.17) is 9.84 Å². The average molecular weight is 168 g/mol. The van der Waals surface area contributed by atoms with Crippen LogP contribution in [0.25, 0.3) is 0 Å². The summed E-state index contributed by atoms with van der Waals surface area (Å²) >= 11 is 0. The van der Waals surface area contributed by atoms with Crippen LogP contribution in [-0.4, -0.2) is 28.3 Å². The molecule has 0 aliphatic rings. The third kappa shape index (κ3) is 2.25. The van der Waals surface area contributed by atoms with Gasteiger partial charge in [0.2, 0.25) is 0 Å². The van der Waals surface area contributed by atoms with Crippen LogP contribution in [0.15, 0.2) is 18.7 Å². The van der Waals surface area contributed by atoms with Gasteiger partial charge in [0, 0.05) is 24.6 Å². The molecule has 1 aromatic heterocycles. The molecule has 4 heteroatoms. The highest BCUT2D eigenvalue weighted by Gasteiger charge is 2.09. The van der Waals surface area contributed by atoms with Crippen LogP contribution in [-0.2, 0) is 4.74 Å². The molecule has 1 aromatic rings. The Morgan fingerprint density at radius 2 is 2.17 bits per heavy atom. The summed E-state index contributed by atoms with van der Waals surface area (Å²) in [5.74, 6) is 0. The normalized spacial score (nSPS) is 12.8. The Hall–Kier alpha value is -1.00. The molecule has 0 amide bonds. The summed E-state index contributed by atoms with van der Waals surface area (Å²) in [7, 11) is 0. The first-order valence-electron chi connectivity index (χ1n) is 3.85. The maximum atomic E-state index is 8.93. The zero-order chi connectivity index (χ0) is 8.81. The van der Waals surface area contributed by atoms with E-state index in [1.165, 1.54) is 6.33 Å². The third-order valence-corrected chi connectivity index (χ3v) is 1.49. The van der Waals surface area contributed by atoms with Crippen molar-refractivity contribution in [3.8, 4) is 0 Å². The van der Waals surface area contributed by atoms with Crippen molar-refractivity contribution in [3.05, 3.63) is 24.3 Å². The molecule has 0 spiro atoms. The molecule has 12 heavy (non-hydrogen) atoms. The monoisotopic (exact) mass is 168 g/mol. The lowest BCUT2D eigenvalue weighted by Crippen LogP contribution is -2.09. The fraction of sp³-hybridized carbons (Fsp3) is 0.500. The minimum atomic E-state index is -0.295. The Labute approximate surface area is 71.2 Å². The van der Waals surface area contributed by atoms with Crippen molar-refractivity contribution in [2.45, 2.75) is 13.0 Å². The molecular weight excluding hydrogens is 156 g/mol. The van der Waals surface area contributed by atoms with E-state index in [1.54, 1.807) is 12.4 Å². The smallest absolute Gasteiger partial charge is 0.115 e. The SMILES string of the molecule is CCOC(CO)c1cncnc1. The van der Waals surface area contributed by atoms with E-state index in [2.05, 4.69) is 9.97 Å². The van der Waals surface area contributed by atoms with Gasteiger partial charge in [-0.05, 0) is 6.92 Å². The van der Waals surface area contributed by atoms with Gasteiger partial charge < -0.3 is 9.84 Å². The molecule has 0 aromatic carbocycles. The number of hydrogen-bond donors (Lipinski definition) is 1. The Kier molecular flexibility index (Phi) is 3.63. The van der Waals surface area contributed by atoms with Crippen molar-refractivity contribution in [1.29, 1.82) is 0 Å². The number of nitrogens with zero attached hydrogens (tertiary/aromatic N) is 2. The minimum Gasteiger partial charge on any atom is -0.393 e. The highest BCUT2D eigenvalue weighted by Crippen LogP contribution is 2.13. The van der Waals surface area contributed by atoms with Gasteiger partial charge in [-0.15, -0.1) is 0 Å². The van der Waals surface area contributed by atoms with Gasteiger partial charge in [0.05, 0.1) is 6.61 Å². The first-order chi connectivity index (χ1) is 5.88. The Morgan fingerprint density at radius 1 is 1.50 bits per heavy atom. The Balaban J connectivity index is 2.66. The molecule has 0 bridgehead atoms. The molecule has 0 fully saturated rings. The van der Waals surface area contributed by atoms with Gasteiger partial charge in [-0.25, -0.2) is 9.97 Å². The lowest BCUT2D eigenvalue weighted by Gasteiger charge is -2.12. The first kappa shape index (κ1) is 9.09. The van der Waals surface area contributed by atoms with E-state index in [1.807, 2.05) is 6.92 Å². The number of aromatic nitrogens is 2. The van der Waals surface area contributed by atoms with Gasteiger partial charge in [0.1, 0.15) is 12.4 Å². The van der Waals surface area contributed by atoms with Crippen LogP contribution in [0.1, 0.15) is 18.6 Å². The fourth-order valence-electron chi connectivity index (χ4n) is 0.932. The number of hydrogen-bond acceptors (Lipinski definition) is 4. The average Bonchev–Trinajstić information content (AvgIpc) is 2.15. The van der Waals surface area contributed by atoms with Crippen LogP contribution in [0.3, 0.4) is 0 Å². The molecular formula is C8H12N2O2. The second-order valence-electron chi connectivity index (χ2n) is 2.30. The molecule has 0 aliphatic heterocycles. The molecule has 1 heterocycles. The lowest BCUT2D eigenvalue weighted by atomic mass is 10.2. The van der Waals surface area contributed by atoms with Crippen LogP contribution >= 0.6 is 0 Å². The lowest BCUT2D eigenvalue weighted by molar-refractivity contribution is 0.0185. The molecule has 0 saturated heterocycles. The predicted octanol–water partition coefficient (Wildman–Crippen LogP) is 0.546. The van der Waals surface area contributed by atoms with Gasteiger partial charge in [0.15, 0.2) is 0 Å². The molecule has 0 aliphatic carbocycles. The largest absolute Gasteiger partial charge is 0.393 e. The van der Waals surface area contributed by atoms with Crippen molar-refractivity contribution in [2.24, 2.45) is 0 Å². The van der Waals surface area contributed by atoms with Crippen LogP contribution in [0.5, 0.6) is 0 Å². The van der Waals surface area contributed by atoms with Crippen molar-refractivity contribution in [1.82, 2.24) is 9.97 Å². The Bertz CT molecular complexity index is 216. The molecule has 4 nitrogen and oxygen atoms in total. The van der Waals surface area contributed by atoms with Crippen molar-refractivity contribution in [3.63, 3.8) is 0 Å². The second kappa shape index (κ2) is 4.79. The van der Waals surface area contributed by atoms with Crippen molar-refractivity contribution < 1.29 is 9.84 Å². The Morgan fingerprint density at radius 3 is 2.67 bits per heavy atom. The molecule has 0 saturated carbocycles. The van der Waals surface area contributed by atoms with Crippen molar-refractivity contribution in [2.75, 3.05) is 13.2 Å². The van der Waals surface area contributed by atoms with E-state index >= 15 is 0 Å². The van der Waals surface area contributed by atoms with Gasteiger partial charge in [0.25, 0.3) is 0 Å². The summed E-state index contributed by atoms with van der Waals surface area (Å²) in [5, 5.41) is 8.93. The van der Waals surface area contributed by atoms with E-state index in [0.29, 0.717) is 6.61 Å². The standard InChI is InChI=1S/C8H12N2O2/c1-2-12-8(5-11)7-3-9-6-10-4-7/h3-4,6,8,11H,2,5H2,1H3. The fourth-order valence-corrected chi connectivity index (χ4v) is 0.932. The number of aliphatic hydroxyl groups excluding tert-OH is 1. The minimum absolute atomic E-state index is 0.0405. The van der Waals surface area contributed by atoms with E-state index < -0.39 is 0 Å². The topological polar surface area (TPSA) is 55.2 Å². The summed E-state index contributed by atoms with van der Waals surface area (Å²) in [6, 6.07) is 0. The number of aliphatic hydroxyl groups is 1. The van der Waals surface area contributed by atoms with Crippen LogP contribution in [0, 0.1) is 0 Å². The summed E-state index contributed by atoms with van der Waals surface area (Å²) in [6.45, 7) is 2.41. The molecule has 1 atom stereocenters. The molecule has 0 radical (unpaired) electrons. The van der Waals surface area contributed by atoms with Gasteiger partial charge in [-0.1, -0.05) is 0 Å². The summed E-state index contributed by atoms with van der Waals surface area (Å²) < 4.78 is 5.25. The maximum Gasteiger partial charge on any atom is 0.115 e. The number of rotatable bonds is 4. The second-order valence-corrected chi connectivity index (χ2v) is 2.30. The van der Waals surface area contributed by atoms with Crippen molar-refractivity contribution >= 4 is 0 Å². The van der Waals surface area contributed by atoms with E-state index in [9.17, 15) is 0 Å². The highest BCUT2D eigenvalue weighted by molar-refractivity contribution is 5.06. The molecule has 1 N–H and O–H groups in total. The molecule has 1 unspecified atom stereocenters. The maximum absolute atomic E-state index is 8.93. The van der Waals surface area contributed by atoms with Crippen LogP contribution in [0.4, 0.5) is 0 Å². The zero-order valence-electron chi connectivity index (χ0n) is 6.97. The molecule has 1 rings (SSSR count). The first-order valence-corrected chi connectivity index (χ1v) is 3.85. The van der Waals surface area contributed by atoms with Crippen LogP contribution < -0.4 is 0 Å². The van der Waals surface area contributed by atoms with Gasteiger partial charge in [-0.3, -0.25) is 0 Å². The molecule has 66 valence electrons. The number of ether oxygens (including phenoxy) is 1. The van der Waals surface area contributed by atoms with Crippen LogP contribution in [0.2, 0.25) is 0 Å². The van der Waals surface area contributed by atoms with E-state index in [-0.39, 0.29) is 12.7 Å². The predicted molar refractivity (Wildman–Crippen MR) is 43.5 cm³/mol. The summed E-state index contributed by atoms with van der Waals surface area (Å²) in [6.07, 6.45) is 4.44. The highest BCUT2D eigenvalue weighted by atomic mass is 16.5. The summed E-state index contributed by atoms with van der Waals surface area (Å²) in [4.78, 5) is 7.67. The van der Waals surface area contributed by atoms with Gasteiger partial charge >= 0.3 is 0 Å². The zero-order valence-corrected chi connectivity index (χ0v) is 6.97.